The molecule has 446 valence electrons. The summed E-state index contributed by atoms with van der Waals surface area (Å²) < 4.78 is 35.2. The fraction of sp³-hybridized carbons (Fsp3) is 0.312. The highest BCUT2D eigenvalue weighted by atomic mass is 127. The van der Waals surface area contributed by atoms with Crippen molar-refractivity contribution in [2.24, 2.45) is 0 Å². The largest absolute Gasteiger partial charge is 0.494 e. The van der Waals surface area contributed by atoms with E-state index in [1.165, 1.54) is 0 Å². The Kier molecular flexibility index (Phi) is 20.7. The molecule has 20 nitrogen and oxygen atoms in total. The van der Waals surface area contributed by atoms with Crippen LogP contribution >= 0.6 is 22.6 Å². The number of fused-ring (bicyclic) bond motifs is 6. The Morgan fingerprint density at radius 2 is 1.05 bits per heavy atom. The van der Waals surface area contributed by atoms with E-state index < -0.39 is 7.12 Å². The van der Waals surface area contributed by atoms with Crippen molar-refractivity contribution in [3.63, 3.8) is 0 Å². The van der Waals surface area contributed by atoms with Crippen LogP contribution in [0.2, 0.25) is 0 Å². The van der Waals surface area contributed by atoms with Crippen LogP contribution in [-0.4, -0.2) is 175 Å². The fourth-order valence-corrected chi connectivity index (χ4v) is 10.1. The first-order valence-corrected chi connectivity index (χ1v) is 29.3. The molecule has 0 atom stereocenters. The van der Waals surface area contributed by atoms with Crippen molar-refractivity contribution in [2.75, 3.05) is 95.0 Å². The average molecular weight is 1280 g/mol. The smallest absolute Gasteiger partial charge is 0.489 e. The molecule has 0 aliphatic carbocycles. The Morgan fingerprint density at radius 1 is 0.581 bits per heavy atom. The lowest BCUT2D eigenvalue weighted by molar-refractivity contribution is 0.00578. The van der Waals surface area contributed by atoms with Gasteiger partial charge in [0, 0.05) is 115 Å². The molecule has 1 saturated heterocycles. The van der Waals surface area contributed by atoms with Crippen molar-refractivity contribution in [1.29, 1.82) is 0 Å². The molecule has 2 aromatic carbocycles. The maximum atomic E-state index is 12.6. The van der Waals surface area contributed by atoms with Gasteiger partial charge in [-0.05, 0) is 150 Å². The quantitative estimate of drug-likeness (QED) is 0.0317. The zero-order valence-electron chi connectivity index (χ0n) is 50.2. The van der Waals surface area contributed by atoms with Crippen molar-refractivity contribution in [3.8, 4) is 45.1 Å². The van der Waals surface area contributed by atoms with Crippen molar-refractivity contribution >= 4 is 90.9 Å². The number of halogens is 1. The zero-order chi connectivity index (χ0) is 61.0. The number of hydrogen-bond donors (Lipinski definition) is 4. The summed E-state index contributed by atoms with van der Waals surface area (Å²) in [5.74, 6) is 1.23. The maximum absolute atomic E-state index is 12.6. The van der Waals surface area contributed by atoms with E-state index in [0.717, 1.165) is 105 Å². The van der Waals surface area contributed by atoms with Crippen LogP contribution in [0.15, 0.2) is 135 Å². The predicted molar refractivity (Wildman–Crippen MR) is 346 cm³/mol. The van der Waals surface area contributed by atoms with Gasteiger partial charge in [0.05, 0.1) is 75.2 Å². The third-order valence-electron chi connectivity index (χ3n) is 14.7. The number of benzene rings is 2. The van der Waals surface area contributed by atoms with Gasteiger partial charge in [-0.25, -0.2) is 9.97 Å². The maximum Gasteiger partial charge on any atom is 0.494 e. The molecule has 10 aromatic rings. The van der Waals surface area contributed by atoms with Gasteiger partial charge in [-0.15, -0.1) is 0 Å². The van der Waals surface area contributed by atoms with Gasteiger partial charge in [0.25, 0.3) is 11.8 Å². The summed E-state index contributed by atoms with van der Waals surface area (Å²) in [7, 11) is 10.8. The number of rotatable bonds is 20. The van der Waals surface area contributed by atoms with Crippen LogP contribution in [0.3, 0.4) is 0 Å². The molecular formula is C64H72BIN12O8. The number of nitrogens with one attached hydrogen (secondary N) is 4. The predicted octanol–water partition coefficient (Wildman–Crippen LogP) is 9.24. The van der Waals surface area contributed by atoms with Crippen LogP contribution in [0.25, 0.3) is 77.5 Å². The van der Waals surface area contributed by atoms with Crippen molar-refractivity contribution in [2.45, 2.75) is 38.9 Å². The molecule has 0 radical (unpaired) electrons. The molecule has 1 aliphatic rings. The van der Waals surface area contributed by atoms with Crippen molar-refractivity contribution in [3.05, 3.63) is 149 Å². The number of hydrogen-bond acceptors (Lipinski definition) is 16. The Balaban J connectivity index is 0.000000161. The van der Waals surface area contributed by atoms with Crippen molar-refractivity contribution < 1.29 is 37.8 Å². The summed E-state index contributed by atoms with van der Waals surface area (Å²) in [6.07, 6.45) is 14.2. The molecule has 2 amide bonds. The van der Waals surface area contributed by atoms with Gasteiger partial charge in [-0.3, -0.25) is 29.5 Å². The number of pyridine rings is 6. The second kappa shape index (κ2) is 28.5. The number of aromatic nitrogens is 8. The molecule has 4 N–H and O–H groups in total. The monoisotopic (exact) mass is 1270 g/mol. The fourth-order valence-electron chi connectivity index (χ4n) is 9.30. The number of ether oxygens (including phenoxy) is 4. The molecule has 0 unspecified atom stereocenters. The van der Waals surface area contributed by atoms with Crippen LogP contribution in [0.1, 0.15) is 48.4 Å². The van der Waals surface area contributed by atoms with E-state index >= 15 is 0 Å². The molecule has 0 saturated carbocycles. The van der Waals surface area contributed by atoms with Crippen LogP contribution in [0.4, 0.5) is 0 Å². The minimum atomic E-state index is -0.397. The number of carbonyl (C=O) groups is 2. The number of methoxy groups -OCH3 is 2. The van der Waals surface area contributed by atoms with Gasteiger partial charge in [0.15, 0.2) is 5.75 Å². The molecule has 0 spiro atoms. The summed E-state index contributed by atoms with van der Waals surface area (Å²) >= 11 is 2.30. The molecular weight excluding hydrogens is 1200 g/mol. The van der Waals surface area contributed by atoms with E-state index in [-0.39, 0.29) is 23.0 Å². The summed E-state index contributed by atoms with van der Waals surface area (Å²) in [5, 5.41) is 9.86. The van der Waals surface area contributed by atoms with Crippen LogP contribution in [0, 0.1) is 3.57 Å². The summed E-state index contributed by atoms with van der Waals surface area (Å²) in [4.78, 5) is 62.2. The Labute approximate surface area is 514 Å². The van der Waals surface area contributed by atoms with Gasteiger partial charge in [0.1, 0.15) is 30.3 Å². The van der Waals surface area contributed by atoms with Gasteiger partial charge in [0.2, 0.25) is 0 Å². The highest BCUT2D eigenvalue weighted by molar-refractivity contribution is 14.1. The number of aromatic amines is 2. The van der Waals surface area contributed by atoms with Gasteiger partial charge in [-0.1, -0.05) is 24.3 Å². The first-order valence-electron chi connectivity index (χ1n) is 28.2. The Hall–Kier alpha value is -7.97. The van der Waals surface area contributed by atoms with E-state index in [1.54, 1.807) is 45.2 Å². The Bertz CT molecular complexity index is 3890. The van der Waals surface area contributed by atoms with E-state index in [1.807, 2.05) is 163 Å². The lowest BCUT2D eigenvalue weighted by Crippen LogP contribution is -2.41. The van der Waals surface area contributed by atoms with Crippen LogP contribution < -0.4 is 25.6 Å². The molecule has 8 aromatic heterocycles. The molecule has 1 fully saturated rings. The van der Waals surface area contributed by atoms with E-state index in [9.17, 15) is 9.59 Å². The molecule has 11 rings (SSSR count). The lowest BCUT2D eigenvalue weighted by atomic mass is 9.79. The SMILES string of the molecule is CN(C)CCNC(=O)c1ccc(B2OC(C)(C)C(C)(C)O2)cc1.COCCOc1cnc2[nH]c3cnc(-c4cccnc4)cc3c2c1-c1ccc(C(=O)NCCN(C)C)cc1.COCCOc1cnc2[nH]c3cnc(-c4cccnc4)cc3c2c1I. The third-order valence-corrected chi connectivity index (χ3v) is 15.8. The van der Waals surface area contributed by atoms with Crippen LogP contribution in [0.5, 0.6) is 11.5 Å². The standard InChI is InChI=1S/C29H30N6O3.C18H15IN4O2.C17H27BN2O3/c1-35(2)12-11-31-29(36)20-8-6-19(7-9-20)26-25(38-14-13-37-3)18-33-28-27(26)22-15-23(32-17-24(22)34-28)21-5-4-10-30-16-21;1-24-5-6-25-15-10-22-18-16(17(15)19)12-7-13(21-9-14(12)23-18)11-3-2-4-20-8-11;1-16(2)17(3,4)23-18(22-16)14-9-7-13(8-10-14)15(21)19-11-12-20(5)6/h4-10,15-18H,11-14H2,1-3H3,(H,31,36)(H,33,34);2-4,7-10H,5-6H2,1H3,(H,22,23);7-10H,11-12H2,1-6H3,(H,19,21). The highest BCUT2D eigenvalue weighted by Crippen LogP contribution is 2.41. The second-order valence-electron chi connectivity index (χ2n) is 21.9. The zero-order valence-corrected chi connectivity index (χ0v) is 52.3. The summed E-state index contributed by atoms with van der Waals surface area (Å²) in [6.45, 7) is 12.8. The molecule has 86 heavy (non-hydrogen) atoms. The van der Waals surface area contributed by atoms with Gasteiger partial charge < -0.3 is 58.7 Å². The number of amides is 2. The molecule has 1 aliphatic heterocycles. The summed E-state index contributed by atoms with van der Waals surface area (Å²) in [6, 6.07) is 26.9. The third kappa shape index (κ3) is 15.0. The summed E-state index contributed by atoms with van der Waals surface area (Å²) in [5.41, 5.74) is 10.2. The average Bonchev–Trinajstić information content (AvgIpc) is 1.67. The number of carbonyl (C=O) groups excluding carboxylic acids is 2. The van der Waals surface area contributed by atoms with E-state index in [2.05, 4.69) is 79.2 Å². The molecule has 0 bridgehead atoms. The molecule has 22 heteroatoms. The first kappa shape index (κ1) is 62.6. The second-order valence-corrected chi connectivity index (χ2v) is 23.0. The Morgan fingerprint density at radius 3 is 1.52 bits per heavy atom. The van der Waals surface area contributed by atoms with Crippen molar-refractivity contribution in [1.82, 2.24) is 60.3 Å². The number of H-pyrrole nitrogens is 2. The highest BCUT2D eigenvalue weighted by Gasteiger charge is 2.51. The topological polar surface area (TPSA) is 229 Å². The van der Waals surface area contributed by atoms with Gasteiger partial charge in [-0.2, -0.15) is 0 Å². The minimum absolute atomic E-state index is 0.0627. The normalized spacial score (nSPS) is 13.4. The van der Waals surface area contributed by atoms with E-state index in [0.29, 0.717) is 56.4 Å². The number of nitrogens with zero attached hydrogens (tertiary/aromatic N) is 8. The lowest BCUT2D eigenvalue weighted by Gasteiger charge is -2.32. The van der Waals surface area contributed by atoms with Gasteiger partial charge >= 0.3 is 7.12 Å². The van der Waals surface area contributed by atoms with E-state index in [4.69, 9.17) is 28.3 Å². The minimum Gasteiger partial charge on any atom is -0.489 e. The van der Waals surface area contributed by atoms with Crippen LogP contribution in [-0.2, 0) is 18.8 Å². The molecule has 9 heterocycles. The number of likely N-dealkylation sites (N-methyl/N-ethyl adjacent to an activating group) is 2. The first-order chi connectivity index (χ1) is 41.4.